The van der Waals surface area contributed by atoms with Crippen LogP contribution in [0.15, 0.2) is 24.8 Å². The van der Waals surface area contributed by atoms with Crippen LogP contribution in [0.5, 0.6) is 0 Å². The zero-order valence-corrected chi connectivity index (χ0v) is 5.67. The number of aliphatic hydroxyl groups excluding tert-OH is 1. The number of carbonyl (C=O) groups excluding carboxylic acids is 1. The molecule has 1 N–H and O–H groups in total. The molecule has 0 aliphatic heterocycles. The molecule has 3 heteroatoms. The summed E-state index contributed by atoms with van der Waals surface area (Å²) in [5.41, 5.74) is 0.202. The van der Waals surface area contributed by atoms with Crippen LogP contribution in [0.25, 0.3) is 0 Å². The molecule has 0 aromatic heterocycles. The molecule has 0 bridgehead atoms. The second kappa shape index (κ2) is 4.76. The lowest BCUT2D eigenvalue weighted by Gasteiger charge is -1.99. The molecule has 0 atom stereocenters. The Morgan fingerprint density at radius 1 is 1.70 bits per heavy atom. The molecule has 0 spiro atoms. The number of carbonyl (C=O) groups is 1. The lowest BCUT2D eigenvalue weighted by molar-refractivity contribution is -0.139. The number of rotatable bonds is 4. The molecule has 0 aliphatic carbocycles. The van der Waals surface area contributed by atoms with Crippen molar-refractivity contribution >= 4 is 5.97 Å². The highest BCUT2D eigenvalue weighted by molar-refractivity contribution is 5.90. The van der Waals surface area contributed by atoms with Crippen LogP contribution in [0.4, 0.5) is 0 Å². The summed E-state index contributed by atoms with van der Waals surface area (Å²) in [6, 6.07) is 0. The van der Waals surface area contributed by atoms with Crippen LogP contribution in [0.3, 0.4) is 0 Å². The molecule has 0 fully saturated rings. The largest absolute Gasteiger partial charge is 0.460 e. The average molecular weight is 142 g/mol. The molecule has 0 amide bonds. The monoisotopic (exact) mass is 142 g/mol. The Balaban J connectivity index is 3.62. The summed E-state index contributed by atoms with van der Waals surface area (Å²) < 4.78 is 4.48. The molecule has 0 saturated carbocycles. The van der Waals surface area contributed by atoms with Gasteiger partial charge in [-0.05, 0) is 0 Å². The van der Waals surface area contributed by atoms with Gasteiger partial charge in [0.15, 0.2) is 0 Å². The molecular weight excluding hydrogens is 132 g/mol. The molecule has 0 radical (unpaired) electrons. The Hall–Kier alpha value is -1.09. The van der Waals surface area contributed by atoms with E-state index in [4.69, 9.17) is 5.11 Å². The SMILES string of the molecule is C=CC(=C)C(=O)OCCO. The molecule has 0 saturated heterocycles. The fourth-order valence-corrected chi connectivity index (χ4v) is 0.314. The van der Waals surface area contributed by atoms with Gasteiger partial charge in [-0.2, -0.15) is 0 Å². The zero-order valence-electron chi connectivity index (χ0n) is 5.67. The Labute approximate surface area is 59.6 Å². The third-order valence-electron chi connectivity index (χ3n) is 0.833. The smallest absolute Gasteiger partial charge is 0.337 e. The van der Waals surface area contributed by atoms with Crippen molar-refractivity contribution in [3.8, 4) is 0 Å². The highest BCUT2D eigenvalue weighted by Gasteiger charge is 2.02. The second-order valence-electron chi connectivity index (χ2n) is 1.59. The normalized spacial score (nSPS) is 8.50. The topological polar surface area (TPSA) is 46.5 Å². The lowest BCUT2D eigenvalue weighted by atomic mass is 10.3. The Morgan fingerprint density at radius 3 is 2.70 bits per heavy atom. The predicted molar refractivity (Wildman–Crippen MR) is 37.4 cm³/mol. The summed E-state index contributed by atoms with van der Waals surface area (Å²) in [7, 11) is 0. The molecular formula is C7H10O3. The minimum atomic E-state index is -0.538. The van der Waals surface area contributed by atoms with Crippen molar-refractivity contribution in [1.29, 1.82) is 0 Å². The number of aliphatic hydroxyl groups is 1. The van der Waals surface area contributed by atoms with Gasteiger partial charge in [-0.3, -0.25) is 0 Å². The maximum atomic E-state index is 10.6. The van der Waals surface area contributed by atoms with Gasteiger partial charge in [-0.25, -0.2) is 4.79 Å². The van der Waals surface area contributed by atoms with Crippen LogP contribution < -0.4 is 0 Å². The van der Waals surface area contributed by atoms with Crippen LogP contribution in [-0.4, -0.2) is 24.3 Å². The second-order valence-corrected chi connectivity index (χ2v) is 1.59. The van der Waals surface area contributed by atoms with Crippen molar-refractivity contribution in [3.05, 3.63) is 24.8 Å². The van der Waals surface area contributed by atoms with Crippen molar-refractivity contribution < 1.29 is 14.6 Å². The Morgan fingerprint density at radius 2 is 2.30 bits per heavy atom. The molecule has 0 heterocycles. The van der Waals surface area contributed by atoms with E-state index < -0.39 is 5.97 Å². The van der Waals surface area contributed by atoms with Crippen molar-refractivity contribution in [2.45, 2.75) is 0 Å². The van der Waals surface area contributed by atoms with Gasteiger partial charge in [-0.1, -0.05) is 19.2 Å². The van der Waals surface area contributed by atoms with E-state index in [9.17, 15) is 4.79 Å². The molecule has 3 nitrogen and oxygen atoms in total. The summed E-state index contributed by atoms with van der Waals surface area (Å²) in [5.74, 6) is -0.538. The van der Waals surface area contributed by atoms with Crippen LogP contribution >= 0.6 is 0 Å². The highest BCUT2D eigenvalue weighted by atomic mass is 16.5. The summed E-state index contributed by atoms with van der Waals surface area (Å²) in [6.45, 7) is 6.51. The summed E-state index contributed by atoms with van der Waals surface area (Å²) in [5, 5.41) is 8.24. The van der Waals surface area contributed by atoms with E-state index in [0.717, 1.165) is 0 Å². The van der Waals surface area contributed by atoms with Gasteiger partial charge in [0.25, 0.3) is 0 Å². The molecule has 0 rings (SSSR count). The van der Waals surface area contributed by atoms with E-state index in [1.54, 1.807) is 0 Å². The Kier molecular flexibility index (Phi) is 4.24. The maximum Gasteiger partial charge on any atom is 0.337 e. The first-order valence-corrected chi connectivity index (χ1v) is 2.81. The molecule has 56 valence electrons. The average Bonchev–Trinajstić information content (AvgIpc) is 1.98. The standard InChI is InChI=1S/C7H10O3/c1-3-6(2)7(9)10-5-4-8/h3,8H,1-2,4-5H2. The first-order chi connectivity index (χ1) is 4.72. The third-order valence-corrected chi connectivity index (χ3v) is 0.833. The first kappa shape index (κ1) is 8.91. The van der Waals surface area contributed by atoms with Crippen molar-refractivity contribution in [3.63, 3.8) is 0 Å². The highest BCUT2D eigenvalue weighted by Crippen LogP contribution is 1.93. The maximum absolute atomic E-state index is 10.6. The van der Waals surface area contributed by atoms with Crippen LogP contribution in [-0.2, 0) is 9.53 Å². The summed E-state index contributed by atoms with van der Waals surface area (Å²) in [4.78, 5) is 10.6. The molecule has 10 heavy (non-hydrogen) atoms. The molecule has 0 aliphatic rings. The van der Waals surface area contributed by atoms with Gasteiger partial charge in [0.1, 0.15) is 6.61 Å². The fourth-order valence-electron chi connectivity index (χ4n) is 0.314. The zero-order chi connectivity index (χ0) is 7.98. The van der Waals surface area contributed by atoms with Crippen LogP contribution in [0.2, 0.25) is 0 Å². The van der Waals surface area contributed by atoms with E-state index in [1.807, 2.05) is 0 Å². The van der Waals surface area contributed by atoms with Crippen LogP contribution in [0.1, 0.15) is 0 Å². The van der Waals surface area contributed by atoms with Gasteiger partial charge in [0, 0.05) is 0 Å². The van der Waals surface area contributed by atoms with Gasteiger partial charge in [0.05, 0.1) is 12.2 Å². The lowest BCUT2D eigenvalue weighted by Crippen LogP contribution is -2.08. The van der Waals surface area contributed by atoms with Crippen molar-refractivity contribution in [1.82, 2.24) is 0 Å². The number of hydrogen-bond acceptors (Lipinski definition) is 3. The van der Waals surface area contributed by atoms with E-state index in [2.05, 4.69) is 17.9 Å². The van der Waals surface area contributed by atoms with Gasteiger partial charge < -0.3 is 9.84 Å². The summed E-state index contributed by atoms with van der Waals surface area (Å²) >= 11 is 0. The van der Waals surface area contributed by atoms with Crippen molar-refractivity contribution in [2.75, 3.05) is 13.2 Å². The quantitative estimate of drug-likeness (QED) is 0.348. The predicted octanol–water partition coefficient (Wildman–Crippen LogP) is 0.264. The number of hydrogen-bond donors (Lipinski definition) is 1. The number of ether oxygens (including phenoxy) is 1. The van der Waals surface area contributed by atoms with Crippen molar-refractivity contribution in [2.24, 2.45) is 0 Å². The van der Waals surface area contributed by atoms with Gasteiger partial charge in [0.2, 0.25) is 0 Å². The third kappa shape index (κ3) is 3.04. The van der Waals surface area contributed by atoms with E-state index in [0.29, 0.717) is 0 Å². The molecule has 0 aromatic rings. The minimum absolute atomic E-state index is 0.00565. The minimum Gasteiger partial charge on any atom is -0.460 e. The molecule has 0 unspecified atom stereocenters. The summed E-state index contributed by atoms with van der Waals surface area (Å²) in [6.07, 6.45) is 1.31. The fraction of sp³-hybridized carbons (Fsp3) is 0.286. The van der Waals surface area contributed by atoms with Gasteiger partial charge in [-0.15, -0.1) is 0 Å². The van der Waals surface area contributed by atoms with Gasteiger partial charge >= 0.3 is 5.97 Å². The van der Waals surface area contributed by atoms with E-state index in [-0.39, 0.29) is 18.8 Å². The number of esters is 1. The molecule has 0 aromatic carbocycles. The van der Waals surface area contributed by atoms with E-state index in [1.165, 1.54) is 6.08 Å². The van der Waals surface area contributed by atoms with E-state index >= 15 is 0 Å². The first-order valence-electron chi connectivity index (χ1n) is 2.81. The Bertz CT molecular complexity index is 149. The van der Waals surface area contributed by atoms with Crippen LogP contribution in [0, 0.1) is 0 Å².